The highest BCUT2D eigenvalue weighted by atomic mass is 16.3. The molecule has 1 atom stereocenters. The molecule has 1 spiro atoms. The molecule has 0 aromatic rings. The van der Waals surface area contributed by atoms with Crippen LogP contribution in [0.2, 0.25) is 0 Å². The predicted octanol–water partition coefficient (Wildman–Crippen LogP) is -0.193. The molecule has 1 saturated carbocycles. The fourth-order valence-electron chi connectivity index (χ4n) is 2.72. The second-order valence-corrected chi connectivity index (χ2v) is 5.50. The van der Waals surface area contributed by atoms with Crippen LogP contribution >= 0.6 is 0 Å². The number of aliphatic hydroxyl groups is 1. The Morgan fingerprint density at radius 3 is 2.67 bits per heavy atom. The molecule has 3 amide bonds. The Hall–Kier alpha value is -1.14. The second kappa shape index (κ2) is 4.85. The smallest absolute Gasteiger partial charge is 0.325 e. The van der Waals surface area contributed by atoms with E-state index in [-0.39, 0.29) is 19.0 Å². The summed E-state index contributed by atoms with van der Waals surface area (Å²) in [6.45, 7) is 2.18. The summed E-state index contributed by atoms with van der Waals surface area (Å²) in [7, 11) is 0. The zero-order valence-corrected chi connectivity index (χ0v) is 10.7. The van der Waals surface area contributed by atoms with Gasteiger partial charge >= 0.3 is 6.03 Å². The van der Waals surface area contributed by atoms with E-state index in [1.807, 2.05) is 0 Å². The summed E-state index contributed by atoms with van der Waals surface area (Å²) in [5, 5.41) is 12.3. The van der Waals surface area contributed by atoms with Crippen LogP contribution in [0, 0.1) is 5.92 Å². The average Bonchev–Trinajstić information content (AvgIpc) is 2.58. The number of amides is 3. The summed E-state index contributed by atoms with van der Waals surface area (Å²) >= 11 is 0. The zero-order valence-electron chi connectivity index (χ0n) is 10.7. The third kappa shape index (κ3) is 2.22. The van der Waals surface area contributed by atoms with Crippen molar-refractivity contribution in [2.75, 3.05) is 13.1 Å². The first-order chi connectivity index (χ1) is 8.48. The van der Waals surface area contributed by atoms with Crippen molar-refractivity contribution >= 4 is 11.9 Å². The van der Waals surface area contributed by atoms with Gasteiger partial charge in [0, 0.05) is 6.54 Å². The van der Waals surface area contributed by atoms with E-state index in [9.17, 15) is 14.7 Å². The van der Waals surface area contributed by atoms with Gasteiger partial charge in [0.15, 0.2) is 0 Å². The fourth-order valence-corrected chi connectivity index (χ4v) is 2.72. The van der Waals surface area contributed by atoms with Gasteiger partial charge in [0.05, 0.1) is 12.6 Å². The molecule has 2 rings (SSSR count). The molecular weight excluding hydrogens is 234 g/mol. The number of carbonyl (C=O) groups excluding carboxylic acids is 2. The van der Waals surface area contributed by atoms with Crippen LogP contribution in [0.3, 0.4) is 0 Å². The Morgan fingerprint density at radius 2 is 2.11 bits per heavy atom. The van der Waals surface area contributed by atoms with Crippen LogP contribution in [-0.4, -0.2) is 46.7 Å². The quantitative estimate of drug-likeness (QED) is 0.609. The summed E-state index contributed by atoms with van der Waals surface area (Å²) in [6.07, 6.45) is 2.41. The van der Waals surface area contributed by atoms with Crippen molar-refractivity contribution in [2.45, 2.75) is 44.2 Å². The van der Waals surface area contributed by atoms with Crippen molar-refractivity contribution in [3.63, 3.8) is 0 Å². The van der Waals surface area contributed by atoms with Gasteiger partial charge in [-0.3, -0.25) is 9.69 Å². The van der Waals surface area contributed by atoms with Crippen molar-refractivity contribution in [3.8, 4) is 0 Å². The Labute approximate surface area is 107 Å². The maximum Gasteiger partial charge on any atom is 0.325 e. The number of nitrogens with zero attached hydrogens (tertiary/aromatic N) is 1. The van der Waals surface area contributed by atoms with E-state index in [0.29, 0.717) is 18.8 Å². The number of hydrogen-bond donors (Lipinski definition) is 3. The van der Waals surface area contributed by atoms with E-state index >= 15 is 0 Å². The molecule has 2 aliphatic rings. The molecule has 1 aliphatic heterocycles. The van der Waals surface area contributed by atoms with Gasteiger partial charge in [-0.05, 0) is 31.6 Å². The lowest BCUT2D eigenvalue weighted by Gasteiger charge is -2.33. The highest BCUT2D eigenvalue weighted by molar-refractivity contribution is 6.07. The van der Waals surface area contributed by atoms with Gasteiger partial charge in [0.25, 0.3) is 5.91 Å². The van der Waals surface area contributed by atoms with Crippen molar-refractivity contribution in [2.24, 2.45) is 11.7 Å². The van der Waals surface area contributed by atoms with Crippen molar-refractivity contribution in [3.05, 3.63) is 0 Å². The summed E-state index contributed by atoms with van der Waals surface area (Å²) < 4.78 is 0. The van der Waals surface area contributed by atoms with Crippen LogP contribution in [0.25, 0.3) is 0 Å². The summed E-state index contributed by atoms with van der Waals surface area (Å²) in [5.74, 6) is 0.399. The Balaban J connectivity index is 2.09. The number of hydrogen-bond acceptors (Lipinski definition) is 4. The van der Waals surface area contributed by atoms with Gasteiger partial charge in [-0.15, -0.1) is 0 Å². The topological polar surface area (TPSA) is 95.7 Å². The minimum absolute atomic E-state index is 0.0154. The van der Waals surface area contributed by atoms with Gasteiger partial charge in [-0.1, -0.05) is 6.92 Å². The molecule has 0 bridgehead atoms. The molecule has 6 nitrogen and oxygen atoms in total. The molecule has 0 aromatic heterocycles. The first-order valence-corrected chi connectivity index (χ1v) is 6.51. The molecule has 0 radical (unpaired) electrons. The number of rotatable bonds is 3. The Kier molecular flexibility index (Phi) is 3.59. The lowest BCUT2D eigenvalue weighted by atomic mass is 9.77. The zero-order chi connectivity index (χ0) is 13.3. The molecule has 6 heteroatoms. The van der Waals surface area contributed by atoms with Gasteiger partial charge in [0.2, 0.25) is 0 Å². The predicted molar refractivity (Wildman–Crippen MR) is 65.7 cm³/mol. The lowest BCUT2D eigenvalue weighted by Crippen LogP contribution is -2.49. The minimum Gasteiger partial charge on any atom is -0.390 e. The standard InChI is InChI=1S/C12H21N3O3/c1-8-2-4-12(5-3-8)10(17)15(11(18)14-12)7-9(16)6-13/h8-9,16H,2-7,13H2,1H3,(H,14,18)/t8?,9-,12?/m0/s1. The van der Waals surface area contributed by atoms with Crippen molar-refractivity contribution in [1.82, 2.24) is 10.2 Å². The molecular formula is C12H21N3O3. The third-order valence-corrected chi connectivity index (χ3v) is 4.04. The van der Waals surface area contributed by atoms with Crippen LogP contribution in [-0.2, 0) is 4.79 Å². The maximum absolute atomic E-state index is 12.3. The second-order valence-electron chi connectivity index (χ2n) is 5.50. The number of aliphatic hydroxyl groups excluding tert-OH is 1. The van der Waals surface area contributed by atoms with Crippen LogP contribution in [0.15, 0.2) is 0 Å². The molecule has 0 unspecified atom stereocenters. The van der Waals surface area contributed by atoms with Crippen molar-refractivity contribution < 1.29 is 14.7 Å². The number of nitrogens with two attached hydrogens (primary N) is 1. The molecule has 102 valence electrons. The first kappa shape index (κ1) is 13.3. The highest BCUT2D eigenvalue weighted by Crippen LogP contribution is 2.36. The van der Waals surface area contributed by atoms with E-state index in [1.165, 1.54) is 0 Å². The van der Waals surface area contributed by atoms with Crippen molar-refractivity contribution in [1.29, 1.82) is 0 Å². The minimum atomic E-state index is -0.850. The SMILES string of the molecule is CC1CCC2(CC1)NC(=O)N(C[C@@H](O)CN)C2=O. The molecule has 1 aliphatic carbocycles. The number of carbonyl (C=O) groups is 2. The Bertz CT molecular complexity index is 350. The van der Waals surface area contributed by atoms with Gasteiger partial charge in [0.1, 0.15) is 5.54 Å². The normalized spacial score (nSPS) is 33.9. The van der Waals surface area contributed by atoms with Gasteiger partial charge in [-0.2, -0.15) is 0 Å². The first-order valence-electron chi connectivity index (χ1n) is 6.51. The van der Waals surface area contributed by atoms with Crippen LogP contribution in [0.5, 0.6) is 0 Å². The molecule has 1 heterocycles. The summed E-state index contributed by atoms with van der Waals surface area (Å²) in [6, 6.07) is -0.401. The molecule has 18 heavy (non-hydrogen) atoms. The number of urea groups is 1. The van der Waals surface area contributed by atoms with Crippen LogP contribution in [0.1, 0.15) is 32.6 Å². The van der Waals surface area contributed by atoms with E-state index in [2.05, 4.69) is 12.2 Å². The van der Waals surface area contributed by atoms with Gasteiger partial charge in [-0.25, -0.2) is 4.79 Å². The summed E-state index contributed by atoms with van der Waals surface area (Å²) in [4.78, 5) is 25.3. The molecule has 2 fully saturated rings. The monoisotopic (exact) mass is 255 g/mol. The molecule has 4 N–H and O–H groups in total. The lowest BCUT2D eigenvalue weighted by molar-refractivity contribution is -0.133. The number of imide groups is 1. The van der Waals surface area contributed by atoms with E-state index in [1.54, 1.807) is 0 Å². The average molecular weight is 255 g/mol. The van der Waals surface area contributed by atoms with E-state index < -0.39 is 17.7 Å². The largest absolute Gasteiger partial charge is 0.390 e. The molecule has 0 aromatic carbocycles. The fraction of sp³-hybridized carbons (Fsp3) is 0.833. The maximum atomic E-state index is 12.3. The number of β-amino-alcohol motifs (C(OH)–C–C–N with tert-alkyl or cyclic N) is 1. The van der Waals surface area contributed by atoms with E-state index in [4.69, 9.17) is 5.73 Å². The van der Waals surface area contributed by atoms with Crippen LogP contribution in [0.4, 0.5) is 4.79 Å². The highest BCUT2D eigenvalue weighted by Gasteiger charge is 2.52. The number of nitrogens with one attached hydrogen (secondary N) is 1. The molecule has 1 saturated heterocycles. The van der Waals surface area contributed by atoms with E-state index in [0.717, 1.165) is 17.7 Å². The third-order valence-electron chi connectivity index (χ3n) is 4.04. The summed E-state index contributed by atoms with van der Waals surface area (Å²) in [5.41, 5.74) is 4.59. The van der Waals surface area contributed by atoms with Crippen LogP contribution < -0.4 is 11.1 Å². The van der Waals surface area contributed by atoms with Gasteiger partial charge < -0.3 is 16.2 Å². The Morgan fingerprint density at radius 1 is 1.50 bits per heavy atom.